The minimum atomic E-state index is -1.36. The van der Waals surface area contributed by atoms with Gasteiger partial charge in [-0.05, 0) is 17.5 Å². The molecule has 0 spiro atoms. The zero-order valence-electron chi connectivity index (χ0n) is 10.5. The van der Waals surface area contributed by atoms with Crippen LogP contribution in [0, 0.1) is 11.5 Å². The summed E-state index contributed by atoms with van der Waals surface area (Å²) in [6.07, 6.45) is 3.16. The van der Waals surface area contributed by atoms with E-state index in [0.29, 0.717) is 0 Å². The van der Waals surface area contributed by atoms with Gasteiger partial charge < -0.3 is 4.74 Å². The molecule has 90 valence electrons. The van der Waals surface area contributed by atoms with Crippen LogP contribution in [0.1, 0.15) is 10.4 Å². The fourth-order valence-electron chi connectivity index (χ4n) is 1.02. The zero-order chi connectivity index (χ0) is 12.9. The van der Waals surface area contributed by atoms with E-state index in [0.717, 1.165) is 10.4 Å². The van der Waals surface area contributed by atoms with Crippen LogP contribution in [0.2, 0.25) is 19.6 Å². The number of methoxy groups -OCH3 is 1. The lowest BCUT2D eigenvalue weighted by Gasteiger charge is -2.02. The third-order valence-corrected chi connectivity index (χ3v) is 3.57. The summed E-state index contributed by atoms with van der Waals surface area (Å²) in [6.45, 7) is 6.62. The van der Waals surface area contributed by atoms with Crippen LogP contribution in [-0.4, -0.2) is 21.2 Å². The minimum absolute atomic E-state index is 0.347. The van der Waals surface area contributed by atoms with Crippen LogP contribution >= 0.6 is 11.3 Å². The fraction of sp³-hybridized carbons (Fsp3) is 0.308. The van der Waals surface area contributed by atoms with Gasteiger partial charge in [0.1, 0.15) is 8.07 Å². The lowest BCUT2D eigenvalue weighted by atomic mass is 10.2. The first kappa shape index (κ1) is 13.8. The molecule has 0 aliphatic rings. The third-order valence-electron chi connectivity index (χ3n) is 1.85. The number of thiophene rings is 1. The summed E-state index contributed by atoms with van der Waals surface area (Å²) < 4.78 is 4.55. The van der Waals surface area contributed by atoms with Gasteiger partial charge in [-0.1, -0.05) is 25.6 Å². The van der Waals surface area contributed by atoms with E-state index in [1.807, 2.05) is 11.4 Å². The van der Waals surface area contributed by atoms with Gasteiger partial charge >= 0.3 is 5.97 Å². The first-order valence-electron chi connectivity index (χ1n) is 5.29. The summed E-state index contributed by atoms with van der Waals surface area (Å²) in [4.78, 5) is 12.0. The molecule has 2 nitrogen and oxygen atoms in total. The molecule has 0 fully saturated rings. The summed E-state index contributed by atoms with van der Waals surface area (Å²) in [7, 11) is 0.00917. The molecule has 1 aromatic rings. The van der Waals surface area contributed by atoms with Gasteiger partial charge in [-0.25, -0.2) is 4.79 Å². The normalized spacial score (nSPS) is 11.1. The van der Waals surface area contributed by atoms with E-state index in [9.17, 15) is 4.79 Å². The second kappa shape index (κ2) is 5.85. The Morgan fingerprint density at radius 1 is 1.47 bits per heavy atom. The number of carbonyl (C=O) groups excluding carboxylic acids is 1. The maximum absolute atomic E-state index is 11.0. The second-order valence-corrected chi connectivity index (χ2v) is 10.2. The summed E-state index contributed by atoms with van der Waals surface area (Å²) in [6, 6.07) is 1.96. The van der Waals surface area contributed by atoms with Gasteiger partial charge in [0, 0.05) is 11.6 Å². The quantitative estimate of drug-likeness (QED) is 0.355. The highest BCUT2D eigenvalue weighted by Crippen LogP contribution is 2.17. The van der Waals surface area contributed by atoms with E-state index in [2.05, 4.69) is 35.8 Å². The first-order valence-corrected chi connectivity index (χ1v) is 9.67. The fourth-order valence-corrected chi connectivity index (χ4v) is 2.35. The monoisotopic (exact) mass is 264 g/mol. The number of esters is 1. The number of hydrogen-bond acceptors (Lipinski definition) is 3. The Kier molecular flexibility index (Phi) is 4.73. The molecular formula is C13H16O2SSi. The van der Waals surface area contributed by atoms with Crippen LogP contribution in [0.3, 0.4) is 0 Å². The van der Waals surface area contributed by atoms with Crippen molar-refractivity contribution in [3.05, 3.63) is 28.0 Å². The molecule has 0 aliphatic heterocycles. The van der Waals surface area contributed by atoms with E-state index in [1.54, 1.807) is 17.4 Å². The lowest BCUT2D eigenvalue weighted by molar-refractivity contribution is -0.134. The van der Waals surface area contributed by atoms with Crippen molar-refractivity contribution in [2.45, 2.75) is 19.6 Å². The Morgan fingerprint density at radius 2 is 2.18 bits per heavy atom. The van der Waals surface area contributed by atoms with Gasteiger partial charge in [0.2, 0.25) is 0 Å². The number of rotatable bonds is 2. The molecule has 1 aromatic heterocycles. The molecule has 0 atom stereocenters. The second-order valence-electron chi connectivity index (χ2n) is 4.56. The smallest absolute Gasteiger partial charge is 0.330 e. The van der Waals surface area contributed by atoms with Crippen molar-refractivity contribution in [1.82, 2.24) is 0 Å². The molecule has 1 rings (SSSR count). The number of hydrogen-bond donors (Lipinski definition) is 0. The van der Waals surface area contributed by atoms with Gasteiger partial charge in [-0.15, -0.1) is 16.9 Å². The van der Waals surface area contributed by atoms with Crippen molar-refractivity contribution in [1.29, 1.82) is 0 Å². The molecule has 0 saturated heterocycles. The average Bonchev–Trinajstić information content (AvgIpc) is 2.69. The molecule has 0 unspecified atom stereocenters. The Balaban J connectivity index is 2.90. The molecule has 0 radical (unpaired) electrons. The highest BCUT2D eigenvalue weighted by atomic mass is 32.1. The Hall–Kier alpha value is -1.31. The third kappa shape index (κ3) is 5.03. The molecule has 1 heterocycles. The van der Waals surface area contributed by atoms with Gasteiger partial charge in [-0.3, -0.25) is 0 Å². The van der Waals surface area contributed by atoms with Gasteiger partial charge in [0.15, 0.2) is 0 Å². The number of carbonyl (C=O) groups is 1. The van der Waals surface area contributed by atoms with Crippen LogP contribution in [0.15, 0.2) is 17.5 Å². The van der Waals surface area contributed by atoms with Crippen molar-refractivity contribution in [3.8, 4) is 11.5 Å². The van der Waals surface area contributed by atoms with Gasteiger partial charge in [0.05, 0.1) is 12.0 Å². The van der Waals surface area contributed by atoms with E-state index in [1.165, 1.54) is 13.2 Å². The molecule has 0 N–H and O–H groups in total. The highest BCUT2D eigenvalue weighted by Gasteiger charge is 2.08. The predicted octanol–water partition coefficient (Wildman–Crippen LogP) is 3.16. The van der Waals surface area contributed by atoms with Crippen LogP contribution in [0.5, 0.6) is 0 Å². The van der Waals surface area contributed by atoms with Crippen LogP contribution < -0.4 is 0 Å². The zero-order valence-corrected chi connectivity index (χ0v) is 12.4. The van der Waals surface area contributed by atoms with Crippen molar-refractivity contribution in [3.63, 3.8) is 0 Å². The molecule has 0 saturated carbocycles. The lowest BCUT2D eigenvalue weighted by Crippen LogP contribution is -2.16. The van der Waals surface area contributed by atoms with Crippen LogP contribution in [0.4, 0.5) is 0 Å². The number of ether oxygens (including phenoxy) is 1. The highest BCUT2D eigenvalue weighted by molar-refractivity contribution is 7.10. The maximum atomic E-state index is 11.0. The van der Waals surface area contributed by atoms with E-state index < -0.39 is 8.07 Å². The molecule has 0 aromatic carbocycles. The molecule has 0 bridgehead atoms. The van der Waals surface area contributed by atoms with Gasteiger partial charge in [-0.2, -0.15) is 0 Å². The Labute approximate surface area is 107 Å². The maximum Gasteiger partial charge on any atom is 0.330 e. The Morgan fingerprint density at radius 3 is 2.76 bits per heavy atom. The average molecular weight is 264 g/mol. The minimum Gasteiger partial charge on any atom is -0.466 e. The van der Waals surface area contributed by atoms with E-state index in [4.69, 9.17) is 0 Å². The van der Waals surface area contributed by atoms with Crippen molar-refractivity contribution in [2.75, 3.05) is 7.11 Å². The van der Waals surface area contributed by atoms with Crippen molar-refractivity contribution < 1.29 is 9.53 Å². The molecule has 0 amide bonds. The van der Waals surface area contributed by atoms with E-state index >= 15 is 0 Å². The molecule has 17 heavy (non-hydrogen) atoms. The van der Waals surface area contributed by atoms with Crippen LogP contribution in [0.25, 0.3) is 6.08 Å². The standard InChI is InChI=1S/C13H16O2SSi/c1-15-13(14)6-5-11-7-9-16-12(11)8-10-17(2,3)4/h5-7,9H,1-4H3/b6-5+. The van der Waals surface area contributed by atoms with E-state index in [-0.39, 0.29) is 5.97 Å². The van der Waals surface area contributed by atoms with Crippen molar-refractivity contribution >= 4 is 31.5 Å². The van der Waals surface area contributed by atoms with Crippen molar-refractivity contribution in [2.24, 2.45) is 0 Å². The molecular weight excluding hydrogens is 248 g/mol. The summed E-state index contributed by atoms with van der Waals surface area (Å²) in [5.74, 6) is 2.85. The first-order chi connectivity index (χ1) is 7.92. The van der Waals surface area contributed by atoms with Gasteiger partial charge in [0.25, 0.3) is 0 Å². The van der Waals surface area contributed by atoms with Crippen LogP contribution in [-0.2, 0) is 9.53 Å². The summed E-state index contributed by atoms with van der Waals surface area (Å²) in [5, 5.41) is 1.98. The summed E-state index contributed by atoms with van der Waals surface area (Å²) in [5.41, 5.74) is 4.29. The molecule has 4 heteroatoms. The predicted molar refractivity (Wildman–Crippen MR) is 75.6 cm³/mol. The Bertz CT molecular complexity index is 483. The summed E-state index contributed by atoms with van der Waals surface area (Å²) >= 11 is 1.59. The topological polar surface area (TPSA) is 26.3 Å². The largest absolute Gasteiger partial charge is 0.466 e. The molecule has 0 aliphatic carbocycles. The SMILES string of the molecule is COC(=O)/C=C/c1ccsc1C#C[Si](C)(C)C.